The van der Waals surface area contributed by atoms with Crippen LogP contribution in [0.4, 0.5) is 0 Å². The van der Waals surface area contributed by atoms with E-state index in [2.05, 4.69) is 13.0 Å². The molecule has 2 fully saturated rings. The van der Waals surface area contributed by atoms with Crippen molar-refractivity contribution in [2.24, 2.45) is 5.41 Å². The van der Waals surface area contributed by atoms with E-state index in [9.17, 15) is 5.11 Å². The van der Waals surface area contributed by atoms with E-state index in [1.807, 2.05) is 6.07 Å². The fourth-order valence-electron chi connectivity index (χ4n) is 3.55. The van der Waals surface area contributed by atoms with Gasteiger partial charge >= 0.3 is 0 Å². The second-order valence-electron chi connectivity index (χ2n) is 6.03. The number of fused-ring (bicyclic) bond motifs is 1. The highest BCUT2D eigenvalue weighted by molar-refractivity contribution is 5.52. The number of benzene rings is 1. The summed E-state index contributed by atoms with van der Waals surface area (Å²) < 4.78 is 16.4. The van der Waals surface area contributed by atoms with Crippen molar-refractivity contribution in [2.75, 3.05) is 26.6 Å². The normalized spacial score (nSPS) is 24.9. The van der Waals surface area contributed by atoms with Gasteiger partial charge in [0.05, 0.1) is 18.6 Å². The van der Waals surface area contributed by atoms with E-state index < -0.39 is 0 Å². The quantitative estimate of drug-likeness (QED) is 0.901. The van der Waals surface area contributed by atoms with Gasteiger partial charge < -0.3 is 19.3 Å². The van der Waals surface area contributed by atoms with Gasteiger partial charge in [-0.25, -0.2) is 0 Å². The van der Waals surface area contributed by atoms with Crippen LogP contribution in [0.25, 0.3) is 0 Å². The molecule has 1 saturated carbocycles. The minimum atomic E-state index is -0.0349. The van der Waals surface area contributed by atoms with Crippen LogP contribution in [-0.4, -0.2) is 31.7 Å². The van der Waals surface area contributed by atoms with Crippen LogP contribution in [0.15, 0.2) is 12.1 Å². The molecule has 0 amide bonds. The zero-order valence-corrected chi connectivity index (χ0v) is 11.1. The van der Waals surface area contributed by atoms with Gasteiger partial charge in [0.15, 0.2) is 11.5 Å². The molecule has 1 aromatic carbocycles. The van der Waals surface area contributed by atoms with Gasteiger partial charge in [-0.3, -0.25) is 0 Å². The van der Waals surface area contributed by atoms with Crippen molar-refractivity contribution >= 4 is 0 Å². The Morgan fingerprint density at radius 3 is 2.37 bits per heavy atom. The first kappa shape index (κ1) is 11.6. The Kier molecular flexibility index (Phi) is 2.22. The molecule has 4 nitrogen and oxygen atoms in total. The molecule has 0 unspecified atom stereocenters. The number of aryl methyl sites for hydroxylation is 1. The Labute approximate surface area is 112 Å². The first-order chi connectivity index (χ1) is 9.21. The number of aliphatic hydroxyl groups is 1. The smallest absolute Gasteiger partial charge is 0.231 e. The molecular weight excluding hydrogens is 244 g/mol. The molecule has 1 aromatic rings. The zero-order valence-electron chi connectivity index (χ0n) is 11.1. The van der Waals surface area contributed by atoms with E-state index in [4.69, 9.17) is 14.2 Å². The van der Waals surface area contributed by atoms with Crippen LogP contribution in [-0.2, 0) is 10.2 Å². The lowest BCUT2D eigenvalue weighted by molar-refractivity contribution is -0.110. The molecule has 1 aliphatic carbocycles. The number of aliphatic hydroxyl groups excluding tert-OH is 1. The second kappa shape index (κ2) is 3.64. The van der Waals surface area contributed by atoms with Crippen molar-refractivity contribution in [3.8, 4) is 11.5 Å². The van der Waals surface area contributed by atoms with Crippen LogP contribution in [0.5, 0.6) is 11.5 Å². The van der Waals surface area contributed by atoms with Gasteiger partial charge in [-0.15, -0.1) is 0 Å². The molecule has 4 rings (SSSR count). The minimum absolute atomic E-state index is 0.0176. The molecule has 3 aliphatic rings. The lowest BCUT2D eigenvalue weighted by atomic mass is 9.65. The maximum atomic E-state index is 9.79. The first-order valence-electron chi connectivity index (χ1n) is 6.80. The first-order valence-corrected chi connectivity index (χ1v) is 6.80. The van der Waals surface area contributed by atoms with Crippen molar-refractivity contribution in [3.05, 3.63) is 23.3 Å². The Bertz CT molecular complexity index is 529. The largest absolute Gasteiger partial charge is 0.454 e. The van der Waals surface area contributed by atoms with Crippen LogP contribution in [0.2, 0.25) is 0 Å². The lowest BCUT2D eigenvalue weighted by Gasteiger charge is -2.48. The summed E-state index contributed by atoms with van der Waals surface area (Å²) >= 11 is 0. The van der Waals surface area contributed by atoms with Crippen LogP contribution < -0.4 is 9.47 Å². The molecule has 0 radical (unpaired) electrons. The fraction of sp³-hybridized carbons (Fsp3) is 0.600. The summed E-state index contributed by atoms with van der Waals surface area (Å²) in [6.07, 6.45) is 2.17. The maximum absolute atomic E-state index is 9.79. The van der Waals surface area contributed by atoms with Crippen LogP contribution >= 0.6 is 0 Å². The van der Waals surface area contributed by atoms with Crippen LogP contribution in [0, 0.1) is 12.3 Å². The Morgan fingerprint density at radius 1 is 1.16 bits per heavy atom. The summed E-state index contributed by atoms with van der Waals surface area (Å²) in [7, 11) is 0. The third-order valence-corrected chi connectivity index (χ3v) is 5.10. The molecule has 0 atom stereocenters. The Hall–Kier alpha value is -1.26. The topological polar surface area (TPSA) is 47.9 Å². The monoisotopic (exact) mass is 262 g/mol. The predicted octanol–water partition coefficient (Wildman–Crippen LogP) is 1.76. The van der Waals surface area contributed by atoms with Gasteiger partial charge in [-0.05, 0) is 43.0 Å². The molecule has 19 heavy (non-hydrogen) atoms. The highest BCUT2D eigenvalue weighted by Crippen LogP contribution is 2.63. The number of hydrogen-bond donors (Lipinski definition) is 1. The molecular formula is C15H18O4. The third-order valence-electron chi connectivity index (χ3n) is 5.10. The average molecular weight is 262 g/mol. The van der Waals surface area contributed by atoms with Crippen LogP contribution in [0.1, 0.15) is 24.0 Å². The SMILES string of the molecule is Cc1cc2c(cc1C1(C3(CO)CC3)COC1)OCO2. The standard InChI is InChI=1S/C15H18O4/c1-10-4-12-13(19-9-18-12)5-11(10)15(7-17-8-15)14(6-16)2-3-14/h4-5,16H,2-3,6-9H2,1H3. The molecule has 102 valence electrons. The van der Waals surface area contributed by atoms with Gasteiger partial charge in [0.2, 0.25) is 6.79 Å². The lowest BCUT2D eigenvalue weighted by Crippen LogP contribution is -2.55. The molecule has 2 heterocycles. The summed E-state index contributed by atoms with van der Waals surface area (Å²) in [5.41, 5.74) is 2.44. The highest BCUT2D eigenvalue weighted by Gasteiger charge is 2.63. The van der Waals surface area contributed by atoms with Gasteiger partial charge in [0.25, 0.3) is 0 Å². The summed E-state index contributed by atoms with van der Waals surface area (Å²) in [5.74, 6) is 1.64. The third kappa shape index (κ3) is 1.36. The van der Waals surface area contributed by atoms with Gasteiger partial charge in [0.1, 0.15) is 0 Å². The van der Waals surface area contributed by atoms with Crippen molar-refractivity contribution in [1.82, 2.24) is 0 Å². The Morgan fingerprint density at radius 2 is 1.84 bits per heavy atom. The van der Waals surface area contributed by atoms with E-state index >= 15 is 0 Å². The summed E-state index contributed by atoms with van der Waals surface area (Å²) in [5, 5.41) is 9.79. The van der Waals surface area contributed by atoms with Crippen molar-refractivity contribution in [2.45, 2.75) is 25.2 Å². The number of hydrogen-bond acceptors (Lipinski definition) is 4. The van der Waals surface area contributed by atoms with Gasteiger partial charge in [-0.2, -0.15) is 0 Å². The zero-order chi connectivity index (χ0) is 13.1. The van der Waals surface area contributed by atoms with E-state index in [1.54, 1.807) is 0 Å². The minimum Gasteiger partial charge on any atom is -0.454 e. The molecule has 0 bridgehead atoms. The molecule has 4 heteroatoms. The molecule has 0 spiro atoms. The second-order valence-corrected chi connectivity index (χ2v) is 6.03. The van der Waals surface area contributed by atoms with E-state index in [0.717, 1.165) is 24.3 Å². The summed E-state index contributed by atoms with van der Waals surface area (Å²) in [6, 6.07) is 4.14. The van der Waals surface area contributed by atoms with Crippen LogP contribution in [0.3, 0.4) is 0 Å². The predicted molar refractivity (Wildman–Crippen MR) is 68.6 cm³/mol. The summed E-state index contributed by atoms with van der Waals surface area (Å²) in [4.78, 5) is 0. The number of rotatable bonds is 3. The van der Waals surface area contributed by atoms with E-state index in [-0.39, 0.29) is 17.4 Å². The fourth-order valence-corrected chi connectivity index (χ4v) is 3.55. The van der Waals surface area contributed by atoms with Gasteiger partial charge in [0, 0.05) is 12.0 Å². The van der Waals surface area contributed by atoms with Crippen molar-refractivity contribution in [3.63, 3.8) is 0 Å². The van der Waals surface area contributed by atoms with E-state index in [1.165, 1.54) is 11.1 Å². The summed E-state index contributed by atoms with van der Waals surface area (Å²) in [6.45, 7) is 4.05. The molecule has 1 N–H and O–H groups in total. The van der Waals surface area contributed by atoms with E-state index in [0.29, 0.717) is 20.0 Å². The highest BCUT2D eigenvalue weighted by atomic mass is 16.7. The molecule has 0 aromatic heterocycles. The van der Waals surface area contributed by atoms with Crippen molar-refractivity contribution in [1.29, 1.82) is 0 Å². The molecule has 2 aliphatic heterocycles. The van der Waals surface area contributed by atoms with Crippen molar-refractivity contribution < 1.29 is 19.3 Å². The Balaban J connectivity index is 1.83. The number of ether oxygens (including phenoxy) is 3. The average Bonchev–Trinajstić information content (AvgIpc) is 3.01. The molecule has 1 saturated heterocycles. The van der Waals surface area contributed by atoms with Gasteiger partial charge in [-0.1, -0.05) is 0 Å². The maximum Gasteiger partial charge on any atom is 0.231 e.